The number of nitrogens with zero attached hydrogens (tertiary/aromatic N) is 4. The number of aromatic nitrogens is 4. The number of hydrogen-bond donors (Lipinski definition) is 1. The molecule has 0 fully saturated rings. The fraction of sp³-hybridized carbons (Fsp3) is 0.214. The van der Waals surface area contributed by atoms with E-state index in [1.165, 1.54) is 94.0 Å². The Kier molecular flexibility index (Phi) is 28.2. The van der Waals surface area contributed by atoms with E-state index in [1.54, 1.807) is 33.9 Å². The van der Waals surface area contributed by atoms with Crippen molar-refractivity contribution in [3.05, 3.63) is 200 Å². The molecule has 0 aliphatic heterocycles. The van der Waals surface area contributed by atoms with E-state index in [1.807, 2.05) is 0 Å². The third-order valence-corrected chi connectivity index (χ3v) is 13.3. The van der Waals surface area contributed by atoms with Crippen LogP contribution in [0.4, 0.5) is 17.6 Å². The van der Waals surface area contributed by atoms with Gasteiger partial charge in [0.05, 0.1) is 73.1 Å². The summed E-state index contributed by atoms with van der Waals surface area (Å²) in [4.78, 5) is 105. The number of esters is 3. The monoisotopic (exact) mass is 1650 g/mol. The van der Waals surface area contributed by atoms with E-state index in [0.717, 1.165) is 18.2 Å². The van der Waals surface area contributed by atoms with Gasteiger partial charge < -0.3 is 49.8 Å². The van der Waals surface area contributed by atoms with Crippen LogP contribution >= 0.6 is 91.8 Å². The molecule has 8 rings (SSSR count). The molecule has 4 aromatic heterocycles. The molecular weight excluding hydrogens is 1600 g/mol. The zero-order valence-electron chi connectivity index (χ0n) is 45.3. The van der Waals surface area contributed by atoms with Gasteiger partial charge in [0.1, 0.15) is 29.6 Å². The number of rotatable bonds is 11. The molecule has 0 aliphatic rings. The average Bonchev–Trinajstić information content (AvgIpc) is 3.48. The first kappa shape index (κ1) is 71.7. The summed E-state index contributed by atoms with van der Waals surface area (Å²) in [5, 5.41) is 10.7. The van der Waals surface area contributed by atoms with E-state index in [2.05, 4.69) is 98.4 Å². The molecule has 17 nitrogen and oxygen atoms in total. The summed E-state index contributed by atoms with van der Waals surface area (Å²) in [6, 6.07) is 15.2. The van der Waals surface area contributed by atoms with Gasteiger partial charge in [0.2, 0.25) is 0 Å². The standard InChI is InChI=1S/C16H16FNO3.C15H14FNO4.C13H11BrFNO3.C11H7BrFNO3.CH3.3HI.V/c1-4-6-11-13(17)8-7-10-12(16(20)21-5-2)9-14(19)18(3)15(10)11;1-3-21-15(20)11-8-13(19)17(2)14-9(11)4-5-12(16)10(14)6-7-18;1-3-19-13(18)8-6-10(17)16(2)12-7(8)4-5-9(15)11(12)14;1-14-8(15)4-6(11(16)17)5-2-3-7(13)9(12)10(5)14;;;;;/h4,7-9H,1,5-6H2,2-3H3;4-5,7-8H,3,6H2,1-2H3;4-6H,3H2,1-2H3;2-4H,1H3,(H,16,17);1H3;3*1H;/q;;;;-1;;;;+3/p-3. The number of fused-ring (bicyclic) bond motifs is 4. The van der Waals surface area contributed by atoms with Gasteiger partial charge in [-0.05, 0) is 108 Å². The predicted molar refractivity (Wildman–Crippen MR) is 339 cm³/mol. The molecule has 0 atom stereocenters. The minimum absolute atomic E-state index is 0. The van der Waals surface area contributed by atoms with Gasteiger partial charge in [0.25, 0.3) is 22.2 Å². The molecule has 0 aliphatic carbocycles. The number of aryl methyl sites for hydroxylation is 4. The van der Waals surface area contributed by atoms with Crippen LogP contribution < -0.4 is 22.2 Å². The Balaban J connectivity index is 0.000000283. The quantitative estimate of drug-likeness (QED) is 0.0242. The van der Waals surface area contributed by atoms with E-state index in [0.29, 0.717) is 44.4 Å². The number of halogens is 9. The summed E-state index contributed by atoms with van der Waals surface area (Å²) in [5.41, 5.74) is 0.0923. The van der Waals surface area contributed by atoms with Crippen LogP contribution in [0.5, 0.6) is 0 Å². The number of aldehydes is 1. The van der Waals surface area contributed by atoms with Gasteiger partial charge >= 0.3 is 88.7 Å². The molecule has 4 heterocycles. The second-order valence-electron chi connectivity index (χ2n) is 16.7. The first-order valence-electron chi connectivity index (χ1n) is 23.8. The van der Waals surface area contributed by atoms with Crippen molar-refractivity contribution in [2.45, 2.75) is 33.6 Å². The molecule has 0 saturated carbocycles. The minimum atomic E-state index is -1.22. The maximum absolute atomic E-state index is 14.0. The van der Waals surface area contributed by atoms with Crippen LogP contribution in [-0.2, 0) is 65.0 Å². The zero-order chi connectivity index (χ0) is 61.6. The number of carbonyl (C=O) groups excluding carboxylic acids is 4. The molecule has 0 radical (unpaired) electrons. The van der Waals surface area contributed by atoms with Gasteiger partial charge in [0.15, 0.2) is 0 Å². The first-order chi connectivity index (χ1) is 38.6. The van der Waals surface area contributed by atoms with Crippen molar-refractivity contribution in [2.75, 3.05) is 19.8 Å². The number of pyridine rings is 4. The van der Waals surface area contributed by atoms with Gasteiger partial charge in [-0.1, -0.05) is 6.08 Å². The average molecular weight is 1660 g/mol. The molecular formula is C56H51Br2F4I3N4O13V-. The SMILES string of the molecule is C=CCc1c(F)ccc2c(C(=O)OCC)cc(=O)n(C)c12.CCOC(=O)c1cc(=O)n(C)c2c(Br)c(F)ccc12.CCOC(=O)c1cc(=O)n(C)c2c(CC=O)c(F)ccc12.Cn1c(=O)cc(C(=O)O)c2ccc(F)c(Br)c21.[CH3-].[I][V]([I])[I]. The number of allylic oxidation sites excluding steroid dienone is 1. The molecule has 8 aromatic rings. The number of hydrogen-bond acceptors (Lipinski definition) is 12. The second kappa shape index (κ2) is 32.7. The van der Waals surface area contributed by atoms with Gasteiger partial charge in [-0.2, -0.15) is 0 Å². The Labute approximate surface area is 525 Å². The third-order valence-electron chi connectivity index (χ3n) is 11.8. The Morgan fingerprint density at radius 2 is 0.795 bits per heavy atom. The van der Waals surface area contributed by atoms with Crippen molar-refractivity contribution in [2.24, 2.45) is 28.2 Å². The van der Waals surface area contributed by atoms with Crippen molar-refractivity contribution >= 4 is 166 Å². The van der Waals surface area contributed by atoms with E-state index >= 15 is 0 Å². The second-order valence-corrected chi connectivity index (χ2v) is 53.7. The van der Waals surface area contributed by atoms with Crippen LogP contribution in [0.3, 0.4) is 0 Å². The van der Waals surface area contributed by atoms with Crippen LogP contribution in [0.1, 0.15) is 73.3 Å². The Bertz CT molecular complexity index is 3950. The number of carbonyl (C=O) groups is 5. The number of carboxylic acid groups (broad SMARTS) is 1. The van der Waals surface area contributed by atoms with Crippen LogP contribution in [0.15, 0.2) is 114 Å². The van der Waals surface area contributed by atoms with Crippen LogP contribution in [0.2, 0.25) is 0 Å². The molecule has 0 saturated heterocycles. The van der Waals surface area contributed by atoms with Crippen LogP contribution in [0, 0.1) is 30.7 Å². The van der Waals surface area contributed by atoms with Crippen molar-refractivity contribution in [3.8, 4) is 0 Å². The number of benzene rings is 4. The summed E-state index contributed by atoms with van der Waals surface area (Å²) >= 11 is 13.5. The Morgan fingerprint density at radius 1 is 0.530 bits per heavy atom. The molecule has 1 N–H and O–H groups in total. The molecule has 4 aromatic carbocycles. The molecule has 83 heavy (non-hydrogen) atoms. The summed E-state index contributed by atoms with van der Waals surface area (Å²) in [5.74, 6) is -5.11. The van der Waals surface area contributed by atoms with Gasteiger partial charge in [-0.3, -0.25) is 19.2 Å². The van der Waals surface area contributed by atoms with E-state index in [-0.39, 0.29) is 98.4 Å². The predicted octanol–water partition coefficient (Wildman–Crippen LogP) is 12.0. The van der Waals surface area contributed by atoms with Crippen molar-refractivity contribution < 1.29 is 65.8 Å². The topological polar surface area (TPSA) is 221 Å². The van der Waals surface area contributed by atoms with E-state index in [4.69, 9.17) is 19.3 Å². The number of ether oxygens (including phenoxy) is 3. The molecule has 0 amide bonds. The third kappa shape index (κ3) is 17.1. The summed E-state index contributed by atoms with van der Waals surface area (Å²) < 4.78 is 74.9. The van der Waals surface area contributed by atoms with Crippen molar-refractivity contribution in [3.63, 3.8) is 0 Å². The zero-order valence-corrected chi connectivity index (χ0v) is 56.4. The molecule has 27 heteroatoms. The summed E-state index contributed by atoms with van der Waals surface area (Å²) in [6.07, 6.45) is 2.20. The maximum atomic E-state index is 14.0. The molecule has 0 spiro atoms. The normalized spacial score (nSPS) is 10.5. The van der Waals surface area contributed by atoms with E-state index in [9.17, 15) is 60.7 Å². The number of carboxylic acids is 1. The fourth-order valence-electron chi connectivity index (χ4n) is 8.15. The van der Waals surface area contributed by atoms with Crippen LogP contribution in [-0.4, -0.2) is 73.4 Å². The summed E-state index contributed by atoms with van der Waals surface area (Å²) in [7, 11) is 5.99. The van der Waals surface area contributed by atoms with Gasteiger partial charge in [0, 0.05) is 91.5 Å². The Morgan fingerprint density at radius 3 is 1.08 bits per heavy atom. The Hall–Kier alpha value is -5.54. The number of aromatic carboxylic acids is 1. The molecule has 0 bridgehead atoms. The molecule has 0 unspecified atom stereocenters. The first-order valence-corrected chi connectivity index (χ1v) is 38.9. The fourth-order valence-corrected chi connectivity index (χ4v) is 9.38. The van der Waals surface area contributed by atoms with Crippen LogP contribution in [0.25, 0.3) is 43.6 Å². The van der Waals surface area contributed by atoms with Crippen molar-refractivity contribution in [1.82, 2.24) is 18.3 Å². The summed E-state index contributed by atoms with van der Waals surface area (Å²) in [6.45, 7) is 9.19. The van der Waals surface area contributed by atoms with E-state index < -0.39 is 63.8 Å². The van der Waals surface area contributed by atoms with Gasteiger partial charge in [-0.15, -0.1) is 6.58 Å². The van der Waals surface area contributed by atoms with Crippen molar-refractivity contribution in [1.29, 1.82) is 0 Å². The van der Waals surface area contributed by atoms with Gasteiger partial charge in [-0.25, -0.2) is 36.7 Å². The molecule has 442 valence electrons.